The van der Waals surface area contributed by atoms with Gasteiger partial charge in [0, 0.05) is 25.6 Å². The number of carboxylic acid groups (broad SMARTS) is 1. The lowest BCUT2D eigenvalue weighted by Crippen LogP contribution is -2.05. The third kappa shape index (κ3) is 4.48. The Morgan fingerprint density at radius 2 is 1.62 bits per heavy atom. The van der Waals surface area contributed by atoms with E-state index in [2.05, 4.69) is 78.6 Å². The Labute approximate surface area is 227 Å². The molecule has 0 saturated carbocycles. The van der Waals surface area contributed by atoms with Crippen LogP contribution in [0.3, 0.4) is 0 Å². The number of hydrogen-bond donors (Lipinski definition) is 1. The van der Waals surface area contributed by atoms with Crippen LogP contribution >= 0.6 is 0 Å². The van der Waals surface area contributed by atoms with Crippen molar-refractivity contribution in [2.24, 2.45) is 7.05 Å². The third-order valence-electron chi connectivity index (χ3n) is 7.36. The van der Waals surface area contributed by atoms with Crippen molar-refractivity contribution >= 4 is 28.0 Å². The number of fused-ring (bicyclic) bond motifs is 2. The van der Waals surface area contributed by atoms with Gasteiger partial charge >= 0.3 is 5.97 Å². The first-order valence-electron chi connectivity index (χ1n) is 13.3. The smallest absolute Gasteiger partial charge is 0.336 e. The first-order valence-corrected chi connectivity index (χ1v) is 13.3. The van der Waals surface area contributed by atoms with E-state index < -0.39 is 5.97 Å². The van der Waals surface area contributed by atoms with Crippen molar-refractivity contribution in [3.05, 3.63) is 107 Å². The first kappa shape index (κ1) is 24.6. The molecule has 0 aliphatic rings. The second-order valence-electron chi connectivity index (χ2n) is 10.1. The molecule has 0 spiro atoms. The molecule has 194 valence electrons. The molecule has 6 aromatic rings. The molecule has 0 unspecified atom stereocenters. The predicted molar refractivity (Wildman–Crippen MR) is 156 cm³/mol. The highest BCUT2D eigenvalue weighted by atomic mass is 16.4. The number of rotatable bonds is 7. The molecule has 39 heavy (non-hydrogen) atoms. The molecule has 1 N–H and O–H groups in total. The number of carboxylic acids is 1. The number of nitrogens with zero attached hydrogens (tertiary/aromatic N) is 4. The molecule has 0 saturated heterocycles. The standard InChI is InChI=1S/C33H30N4O2/c1-4-7-31-34-27-16-15-24(32-35-28-18-21(2)10-17-29(28)36(32)3)19-30(27)37(31)20-22-11-13-23(14-12-22)25-8-5-6-9-26(25)33(38)39/h5-6,8-19H,4,7,20H2,1-3H3,(H,38,39). The number of carbonyl (C=O) groups is 1. The molecular weight excluding hydrogens is 484 g/mol. The van der Waals surface area contributed by atoms with Gasteiger partial charge in [-0.2, -0.15) is 0 Å². The fraction of sp³-hybridized carbons (Fsp3) is 0.182. The van der Waals surface area contributed by atoms with E-state index in [0.717, 1.165) is 68.8 Å². The molecule has 0 radical (unpaired) electrons. The van der Waals surface area contributed by atoms with Crippen LogP contribution in [0.2, 0.25) is 0 Å². The molecule has 0 atom stereocenters. The van der Waals surface area contributed by atoms with Gasteiger partial charge in [-0.15, -0.1) is 0 Å². The summed E-state index contributed by atoms with van der Waals surface area (Å²) < 4.78 is 4.45. The molecule has 4 aromatic carbocycles. The van der Waals surface area contributed by atoms with Crippen molar-refractivity contribution in [3.63, 3.8) is 0 Å². The lowest BCUT2D eigenvalue weighted by atomic mass is 9.99. The van der Waals surface area contributed by atoms with Crippen LogP contribution in [-0.2, 0) is 20.0 Å². The highest BCUT2D eigenvalue weighted by Crippen LogP contribution is 2.29. The average Bonchev–Trinajstić information content (AvgIpc) is 3.45. The van der Waals surface area contributed by atoms with Crippen LogP contribution in [0.15, 0.2) is 84.9 Å². The van der Waals surface area contributed by atoms with Gasteiger partial charge in [0.15, 0.2) is 0 Å². The van der Waals surface area contributed by atoms with Crippen molar-refractivity contribution in [1.82, 2.24) is 19.1 Å². The van der Waals surface area contributed by atoms with E-state index >= 15 is 0 Å². The number of hydrogen-bond acceptors (Lipinski definition) is 3. The maximum Gasteiger partial charge on any atom is 0.336 e. The second-order valence-corrected chi connectivity index (χ2v) is 10.1. The van der Waals surface area contributed by atoms with Crippen LogP contribution in [0, 0.1) is 6.92 Å². The van der Waals surface area contributed by atoms with E-state index in [1.165, 1.54) is 5.56 Å². The largest absolute Gasteiger partial charge is 0.478 e. The predicted octanol–water partition coefficient (Wildman–Crippen LogP) is 7.26. The van der Waals surface area contributed by atoms with E-state index in [1.807, 2.05) is 24.3 Å². The van der Waals surface area contributed by atoms with Gasteiger partial charge in [0.1, 0.15) is 11.6 Å². The highest BCUT2D eigenvalue weighted by molar-refractivity contribution is 5.96. The minimum atomic E-state index is -0.921. The normalized spacial score (nSPS) is 11.5. The molecule has 2 aromatic heterocycles. The van der Waals surface area contributed by atoms with Crippen LogP contribution in [0.25, 0.3) is 44.6 Å². The zero-order valence-corrected chi connectivity index (χ0v) is 22.3. The van der Waals surface area contributed by atoms with Gasteiger partial charge in [-0.25, -0.2) is 14.8 Å². The molecule has 0 amide bonds. The second kappa shape index (κ2) is 9.87. The lowest BCUT2D eigenvalue weighted by molar-refractivity contribution is 0.0697. The average molecular weight is 515 g/mol. The molecule has 0 bridgehead atoms. The molecule has 0 fully saturated rings. The quantitative estimate of drug-likeness (QED) is 0.243. The van der Waals surface area contributed by atoms with Crippen LogP contribution in [0.1, 0.15) is 40.7 Å². The Morgan fingerprint density at radius 1 is 0.846 bits per heavy atom. The molecular formula is C33H30N4O2. The van der Waals surface area contributed by atoms with Crippen LogP contribution in [-0.4, -0.2) is 30.2 Å². The number of aryl methyl sites for hydroxylation is 3. The molecule has 6 rings (SSSR count). The van der Waals surface area contributed by atoms with Crippen molar-refractivity contribution in [2.45, 2.75) is 33.2 Å². The SMILES string of the molecule is CCCc1nc2ccc(-c3nc4cc(C)ccc4n3C)cc2n1Cc1ccc(-c2ccccc2C(=O)O)cc1. The summed E-state index contributed by atoms with van der Waals surface area (Å²) in [5.41, 5.74) is 9.47. The number of aromatic carboxylic acids is 1. The summed E-state index contributed by atoms with van der Waals surface area (Å²) in [4.78, 5) is 21.6. The van der Waals surface area contributed by atoms with E-state index in [9.17, 15) is 9.90 Å². The van der Waals surface area contributed by atoms with Gasteiger partial charge in [-0.05, 0) is 72.0 Å². The van der Waals surface area contributed by atoms with Crippen LogP contribution in [0.4, 0.5) is 0 Å². The Hall–Kier alpha value is -4.71. The van der Waals surface area contributed by atoms with Crippen LogP contribution in [0.5, 0.6) is 0 Å². The maximum absolute atomic E-state index is 11.7. The first-order chi connectivity index (χ1) is 18.9. The zero-order chi connectivity index (χ0) is 27.1. The van der Waals surface area contributed by atoms with Gasteiger partial charge < -0.3 is 14.2 Å². The fourth-order valence-electron chi connectivity index (χ4n) is 5.36. The van der Waals surface area contributed by atoms with Crippen molar-refractivity contribution in [1.29, 1.82) is 0 Å². The summed E-state index contributed by atoms with van der Waals surface area (Å²) in [5, 5.41) is 9.59. The van der Waals surface area contributed by atoms with E-state index in [4.69, 9.17) is 9.97 Å². The van der Waals surface area contributed by atoms with Crippen molar-refractivity contribution in [3.8, 4) is 22.5 Å². The Balaban J connectivity index is 1.39. The minimum Gasteiger partial charge on any atom is -0.478 e. The Bertz CT molecular complexity index is 1840. The molecule has 0 aliphatic heterocycles. The fourth-order valence-corrected chi connectivity index (χ4v) is 5.36. The van der Waals surface area contributed by atoms with Gasteiger partial charge in [-0.3, -0.25) is 0 Å². The van der Waals surface area contributed by atoms with Gasteiger partial charge in [0.2, 0.25) is 0 Å². The topological polar surface area (TPSA) is 72.9 Å². The van der Waals surface area contributed by atoms with Gasteiger partial charge in [0.25, 0.3) is 0 Å². The summed E-state index contributed by atoms with van der Waals surface area (Å²) >= 11 is 0. The number of benzene rings is 4. The van der Waals surface area contributed by atoms with Crippen molar-refractivity contribution in [2.75, 3.05) is 0 Å². The van der Waals surface area contributed by atoms with E-state index in [0.29, 0.717) is 12.1 Å². The Kier molecular flexibility index (Phi) is 6.23. The zero-order valence-electron chi connectivity index (χ0n) is 22.3. The van der Waals surface area contributed by atoms with E-state index in [1.54, 1.807) is 12.1 Å². The maximum atomic E-state index is 11.7. The minimum absolute atomic E-state index is 0.306. The number of aromatic nitrogens is 4. The van der Waals surface area contributed by atoms with Crippen molar-refractivity contribution < 1.29 is 9.90 Å². The molecule has 2 heterocycles. The molecule has 6 nitrogen and oxygen atoms in total. The summed E-state index contributed by atoms with van der Waals surface area (Å²) in [5.74, 6) is 1.07. The third-order valence-corrected chi connectivity index (χ3v) is 7.36. The summed E-state index contributed by atoms with van der Waals surface area (Å²) in [6.07, 6.45) is 1.89. The Morgan fingerprint density at radius 3 is 2.38 bits per heavy atom. The summed E-state index contributed by atoms with van der Waals surface area (Å²) in [6.45, 7) is 4.94. The highest BCUT2D eigenvalue weighted by Gasteiger charge is 2.16. The summed E-state index contributed by atoms with van der Waals surface area (Å²) in [7, 11) is 2.06. The van der Waals surface area contributed by atoms with Gasteiger partial charge in [0.05, 0.1) is 27.6 Å². The van der Waals surface area contributed by atoms with Gasteiger partial charge in [-0.1, -0.05) is 55.5 Å². The lowest BCUT2D eigenvalue weighted by Gasteiger charge is -2.11. The summed E-state index contributed by atoms with van der Waals surface area (Å²) in [6, 6.07) is 28.1. The molecule has 0 aliphatic carbocycles. The van der Waals surface area contributed by atoms with Crippen LogP contribution < -0.4 is 0 Å². The van der Waals surface area contributed by atoms with E-state index in [-0.39, 0.29) is 0 Å². The molecule has 6 heteroatoms. The number of imidazole rings is 2. The monoisotopic (exact) mass is 514 g/mol.